The third-order valence-electron chi connectivity index (χ3n) is 3.00. The number of nitro groups is 1. The van der Waals surface area contributed by atoms with E-state index in [1.807, 2.05) is 11.8 Å². The highest BCUT2D eigenvalue weighted by atomic mass is 16.6. The lowest BCUT2D eigenvalue weighted by molar-refractivity contribution is -0.384. The Balaban J connectivity index is 3.21. The first-order chi connectivity index (χ1) is 9.06. The van der Waals surface area contributed by atoms with Crippen LogP contribution in [0.1, 0.15) is 32.4 Å². The second-order valence-electron chi connectivity index (χ2n) is 4.39. The van der Waals surface area contributed by atoms with Gasteiger partial charge in [-0.2, -0.15) is 5.10 Å². The van der Waals surface area contributed by atoms with Gasteiger partial charge in [-0.1, -0.05) is 13.3 Å². The van der Waals surface area contributed by atoms with Gasteiger partial charge < -0.3 is 10.0 Å². The number of unbranched alkanes of at least 4 members (excludes halogenated alkanes) is 1. The fourth-order valence-corrected chi connectivity index (χ4v) is 2.10. The van der Waals surface area contributed by atoms with Crippen LogP contribution in [-0.2, 0) is 6.54 Å². The number of anilines is 1. The zero-order valence-electron chi connectivity index (χ0n) is 11.8. The van der Waals surface area contributed by atoms with Crippen molar-refractivity contribution in [3.05, 3.63) is 15.8 Å². The normalized spacial score (nSPS) is 10.7. The number of nitrogens with zero attached hydrogens (tertiary/aromatic N) is 4. The zero-order chi connectivity index (χ0) is 14.4. The Morgan fingerprint density at radius 3 is 2.58 bits per heavy atom. The molecular weight excluding hydrogens is 248 g/mol. The molecule has 1 N–H and O–H groups in total. The van der Waals surface area contributed by atoms with E-state index in [9.17, 15) is 10.1 Å². The van der Waals surface area contributed by atoms with Gasteiger partial charge in [0.2, 0.25) is 5.82 Å². The van der Waals surface area contributed by atoms with Gasteiger partial charge >= 0.3 is 5.69 Å². The lowest BCUT2D eigenvalue weighted by Crippen LogP contribution is -2.30. The van der Waals surface area contributed by atoms with Crippen molar-refractivity contribution in [2.75, 3.05) is 24.6 Å². The van der Waals surface area contributed by atoms with E-state index in [2.05, 4.69) is 12.0 Å². The molecule has 7 heteroatoms. The van der Waals surface area contributed by atoms with Crippen LogP contribution in [0.4, 0.5) is 11.5 Å². The second kappa shape index (κ2) is 7.08. The highest BCUT2D eigenvalue weighted by Crippen LogP contribution is 2.31. The minimum Gasteiger partial charge on any atom is -0.395 e. The summed E-state index contributed by atoms with van der Waals surface area (Å²) >= 11 is 0. The van der Waals surface area contributed by atoms with Crippen LogP contribution in [0, 0.1) is 17.0 Å². The maximum atomic E-state index is 11.2. The van der Waals surface area contributed by atoms with Crippen molar-refractivity contribution in [3.63, 3.8) is 0 Å². The molecule has 1 heterocycles. The molecule has 108 valence electrons. The largest absolute Gasteiger partial charge is 0.395 e. The number of aryl methyl sites for hydroxylation is 2. The molecule has 1 aromatic rings. The SMILES string of the molecule is CCCCN(CCO)c1c([N+](=O)[O-])c(C)nn1CC. The molecule has 0 spiro atoms. The van der Waals surface area contributed by atoms with Crippen molar-refractivity contribution in [1.29, 1.82) is 0 Å². The van der Waals surface area contributed by atoms with E-state index in [4.69, 9.17) is 5.11 Å². The van der Waals surface area contributed by atoms with E-state index in [0.29, 0.717) is 31.1 Å². The van der Waals surface area contributed by atoms with Crippen molar-refractivity contribution in [3.8, 4) is 0 Å². The molecule has 0 aliphatic carbocycles. The van der Waals surface area contributed by atoms with Crippen LogP contribution in [0.25, 0.3) is 0 Å². The van der Waals surface area contributed by atoms with Gasteiger partial charge in [-0.05, 0) is 20.3 Å². The Morgan fingerprint density at radius 2 is 2.11 bits per heavy atom. The molecule has 0 radical (unpaired) electrons. The number of rotatable bonds is 8. The Morgan fingerprint density at radius 1 is 1.42 bits per heavy atom. The lowest BCUT2D eigenvalue weighted by atomic mass is 10.3. The topological polar surface area (TPSA) is 84.4 Å². The van der Waals surface area contributed by atoms with Crippen molar-refractivity contribution >= 4 is 11.5 Å². The quantitative estimate of drug-likeness (QED) is 0.574. The standard InChI is InChI=1S/C12H22N4O3/c1-4-6-7-14(8-9-17)12-11(16(18)19)10(3)13-15(12)5-2/h17H,4-9H2,1-3H3. The van der Waals surface area contributed by atoms with E-state index >= 15 is 0 Å². The molecule has 7 nitrogen and oxygen atoms in total. The van der Waals surface area contributed by atoms with Gasteiger partial charge in [0.25, 0.3) is 0 Å². The Hall–Kier alpha value is -1.63. The predicted molar refractivity (Wildman–Crippen MR) is 73.5 cm³/mol. The summed E-state index contributed by atoms with van der Waals surface area (Å²) in [5.41, 5.74) is 0.465. The molecule has 0 aliphatic heterocycles. The van der Waals surface area contributed by atoms with Crippen LogP contribution in [0.15, 0.2) is 0 Å². The second-order valence-corrected chi connectivity index (χ2v) is 4.39. The van der Waals surface area contributed by atoms with Crippen LogP contribution in [0.3, 0.4) is 0 Å². The van der Waals surface area contributed by atoms with Crippen LogP contribution in [0.5, 0.6) is 0 Å². The number of hydrogen-bond acceptors (Lipinski definition) is 5. The molecule has 0 fully saturated rings. The number of aromatic nitrogens is 2. The van der Waals surface area contributed by atoms with E-state index in [0.717, 1.165) is 12.8 Å². The van der Waals surface area contributed by atoms with Crippen LogP contribution in [-0.4, -0.2) is 39.5 Å². The Labute approximate surface area is 113 Å². The molecule has 0 amide bonds. The van der Waals surface area contributed by atoms with E-state index in [1.165, 1.54) is 0 Å². The summed E-state index contributed by atoms with van der Waals surface area (Å²) in [7, 11) is 0. The lowest BCUT2D eigenvalue weighted by Gasteiger charge is -2.23. The summed E-state index contributed by atoms with van der Waals surface area (Å²) in [4.78, 5) is 12.7. The van der Waals surface area contributed by atoms with Crippen molar-refractivity contribution < 1.29 is 10.0 Å². The van der Waals surface area contributed by atoms with Gasteiger partial charge in [-0.15, -0.1) is 0 Å². The van der Waals surface area contributed by atoms with Gasteiger partial charge in [0.05, 0.1) is 11.5 Å². The summed E-state index contributed by atoms with van der Waals surface area (Å²) in [6.45, 7) is 7.21. The first-order valence-corrected chi connectivity index (χ1v) is 6.64. The summed E-state index contributed by atoms with van der Waals surface area (Å²) in [5.74, 6) is 0.507. The van der Waals surface area contributed by atoms with Crippen molar-refractivity contribution in [1.82, 2.24) is 9.78 Å². The van der Waals surface area contributed by atoms with E-state index in [1.54, 1.807) is 11.6 Å². The highest BCUT2D eigenvalue weighted by molar-refractivity contribution is 5.61. The minimum absolute atomic E-state index is 0.0329. The molecule has 0 aliphatic rings. The molecule has 0 saturated heterocycles. The predicted octanol–water partition coefficient (Wildman–Crippen LogP) is 1.72. The molecular formula is C12H22N4O3. The summed E-state index contributed by atoms with van der Waals surface area (Å²) in [6.07, 6.45) is 1.92. The fourth-order valence-electron chi connectivity index (χ4n) is 2.10. The first-order valence-electron chi connectivity index (χ1n) is 6.64. The molecule has 1 rings (SSSR count). The smallest absolute Gasteiger partial charge is 0.333 e. The average molecular weight is 270 g/mol. The molecule has 1 aromatic heterocycles. The van der Waals surface area contributed by atoms with Crippen molar-refractivity contribution in [2.24, 2.45) is 0 Å². The van der Waals surface area contributed by atoms with E-state index in [-0.39, 0.29) is 17.2 Å². The highest BCUT2D eigenvalue weighted by Gasteiger charge is 2.28. The molecule has 0 atom stereocenters. The molecule has 0 saturated carbocycles. The van der Waals surface area contributed by atoms with E-state index < -0.39 is 0 Å². The van der Waals surface area contributed by atoms with Crippen LogP contribution in [0.2, 0.25) is 0 Å². The Bertz CT molecular complexity index is 431. The van der Waals surface area contributed by atoms with Crippen molar-refractivity contribution in [2.45, 2.75) is 40.2 Å². The number of aliphatic hydroxyl groups excluding tert-OH is 1. The third-order valence-corrected chi connectivity index (χ3v) is 3.00. The zero-order valence-corrected chi connectivity index (χ0v) is 11.8. The number of hydrogen-bond donors (Lipinski definition) is 1. The number of aliphatic hydroxyl groups is 1. The van der Waals surface area contributed by atoms with Crippen LogP contribution < -0.4 is 4.90 Å². The summed E-state index contributed by atoms with van der Waals surface area (Å²) < 4.78 is 1.64. The van der Waals surface area contributed by atoms with Gasteiger partial charge in [0.15, 0.2) is 0 Å². The van der Waals surface area contributed by atoms with Gasteiger partial charge in [-0.3, -0.25) is 10.1 Å². The minimum atomic E-state index is -0.389. The molecule has 0 bridgehead atoms. The third kappa shape index (κ3) is 3.44. The monoisotopic (exact) mass is 270 g/mol. The maximum Gasteiger partial charge on any atom is 0.333 e. The van der Waals surface area contributed by atoms with Gasteiger partial charge in [0.1, 0.15) is 5.69 Å². The first kappa shape index (κ1) is 15.4. The Kier molecular flexibility index (Phi) is 5.75. The van der Waals surface area contributed by atoms with Gasteiger partial charge in [0, 0.05) is 19.6 Å². The maximum absolute atomic E-state index is 11.2. The molecule has 0 unspecified atom stereocenters. The molecule has 0 aromatic carbocycles. The summed E-state index contributed by atoms with van der Waals surface area (Å²) in [6, 6.07) is 0. The molecule has 19 heavy (non-hydrogen) atoms. The average Bonchev–Trinajstić information content (AvgIpc) is 2.71. The fraction of sp³-hybridized carbons (Fsp3) is 0.750. The van der Waals surface area contributed by atoms with Crippen LogP contribution >= 0.6 is 0 Å². The summed E-state index contributed by atoms with van der Waals surface area (Å²) in [5, 5.41) is 24.6. The van der Waals surface area contributed by atoms with Gasteiger partial charge in [-0.25, -0.2) is 4.68 Å².